The van der Waals surface area contributed by atoms with Crippen LogP contribution in [-0.4, -0.2) is 55.3 Å². The lowest BCUT2D eigenvalue weighted by Crippen LogP contribution is -2.33. The number of halogens is 6. The zero-order valence-electron chi connectivity index (χ0n) is 17.4. The average Bonchev–Trinajstić information content (AvgIpc) is 3.35. The normalized spacial score (nSPS) is 28.5. The largest absolute Gasteiger partial charge is 0.480 e. The van der Waals surface area contributed by atoms with Gasteiger partial charge in [-0.3, -0.25) is 4.79 Å². The van der Waals surface area contributed by atoms with Gasteiger partial charge in [-0.25, -0.2) is 13.4 Å². The number of alkyl halides is 6. The van der Waals surface area contributed by atoms with Gasteiger partial charge in [0.25, 0.3) is 5.91 Å². The molecule has 14 heteroatoms. The van der Waals surface area contributed by atoms with E-state index in [1.807, 2.05) is 0 Å². The Morgan fingerprint density at radius 3 is 2.41 bits per heavy atom. The molecule has 2 aliphatic carbocycles. The topological polar surface area (TPSA) is 89.7 Å². The first kappa shape index (κ1) is 23.0. The first-order valence-corrected chi connectivity index (χ1v) is 11.9. The lowest BCUT2D eigenvalue weighted by Gasteiger charge is -2.22. The van der Waals surface area contributed by atoms with Crippen LogP contribution in [0.15, 0.2) is 33.7 Å². The Balaban J connectivity index is 1.45. The Hall–Kier alpha value is -2.77. The molecule has 0 radical (unpaired) electrons. The van der Waals surface area contributed by atoms with E-state index < -0.39 is 51.1 Å². The van der Waals surface area contributed by atoms with E-state index in [-0.39, 0.29) is 40.8 Å². The van der Waals surface area contributed by atoms with E-state index in [2.05, 4.69) is 4.98 Å². The van der Waals surface area contributed by atoms with E-state index in [1.54, 1.807) is 0 Å². The fourth-order valence-corrected chi connectivity index (χ4v) is 5.52. The number of aromatic nitrogens is 1. The summed E-state index contributed by atoms with van der Waals surface area (Å²) >= 11 is 0. The number of fused-ring (bicyclic) bond motifs is 1. The van der Waals surface area contributed by atoms with Gasteiger partial charge in [-0.2, -0.15) is 26.3 Å². The molecule has 1 aromatic carbocycles. The summed E-state index contributed by atoms with van der Waals surface area (Å²) in [5.41, 5.74) is -1.26. The van der Waals surface area contributed by atoms with Crippen molar-refractivity contribution in [2.45, 2.75) is 41.7 Å². The number of nitrogens with zero attached hydrogens (tertiary/aromatic N) is 2. The predicted octanol–water partition coefficient (Wildman–Crippen LogP) is 3.45. The number of carbonyl (C=O) groups excluding carboxylic acids is 1. The number of amides is 1. The van der Waals surface area contributed by atoms with Gasteiger partial charge in [0.15, 0.2) is 15.9 Å². The number of piperidine rings is 1. The molecule has 2 unspecified atom stereocenters. The van der Waals surface area contributed by atoms with Gasteiger partial charge < -0.3 is 14.1 Å². The van der Waals surface area contributed by atoms with E-state index in [4.69, 9.17) is 9.15 Å². The average molecular weight is 510 g/mol. The number of rotatable bonds is 5. The van der Waals surface area contributed by atoms with Crippen molar-refractivity contribution in [2.75, 3.05) is 12.8 Å². The molecule has 3 atom stereocenters. The van der Waals surface area contributed by atoms with Crippen molar-refractivity contribution in [3.05, 3.63) is 41.6 Å². The Kier molecular flexibility index (Phi) is 4.51. The maximum absolute atomic E-state index is 13.3. The summed E-state index contributed by atoms with van der Waals surface area (Å²) in [5.74, 6) is -2.99. The van der Waals surface area contributed by atoms with Gasteiger partial charge in [0.1, 0.15) is 5.75 Å². The van der Waals surface area contributed by atoms with Crippen LogP contribution >= 0.6 is 0 Å². The minimum Gasteiger partial charge on any atom is -0.480 e. The standard InChI is InChI=1S/C20H16F6N2O5S/c1-8(19(21,22)23)32-11-4-3-9(34(2,30)31)5-10(11)16(29)28-7-18(13-14(18)15(13)28)17-27-6-12(33-17)20(24,25)26/h3-6,8,13-15H,7H2,1-2H3/t8-,13?,14?,15?,18?/m0/s1. The molecule has 4 aliphatic rings. The minimum absolute atomic E-state index is 0.0546. The number of ether oxygens (including phenoxy) is 1. The third kappa shape index (κ3) is 3.28. The van der Waals surface area contributed by atoms with E-state index in [9.17, 15) is 39.6 Å². The van der Waals surface area contributed by atoms with Crippen LogP contribution in [0, 0.1) is 11.8 Å². The highest BCUT2D eigenvalue weighted by Gasteiger charge is 2.93. The van der Waals surface area contributed by atoms with Crippen molar-refractivity contribution in [1.29, 1.82) is 0 Å². The summed E-state index contributed by atoms with van der Waals surface area (Å²) in [5, 5.41) is 0. The van der Waals surface area contributed by atoms with Crippen LogP contribution in [0.3, 0.4) is 0 Å². The summed E-state index contributed by atoms with van der Waals surface area (Å²) in [6, 6.07) is 2.62. The van der Waals surface area contributed by atoms with Gasteiger partial charge in [0, 0.05) is 30.7 Å². The van der Waals surface area contributed by atoms with E-state index in [0.717, 1.165) is 31.4 Å². The van der Waals surface area contributed by atoms with Crippen LogP contribution in [0.4, 0.5) is 26.3 Å². The molecule has 0 N–H and O–H groups in total. The summed E-state index contributed by atoms with van der Waals surface area (Å²) < 4.78 is 111. The third-order valence-electron chi connectivity index (χ3n) is 6.67. The second-order valence-electron chi connectivity index (χ2n) is 8.77. The molecular weight excluding hydrogens is 494 g/mol. The molecule has 1 amide bonds. The second-order valence-corrected chi connectivity index (χ2v) is 10.8. The van der Waals surface area contributed by atoms with Crippen LogP contribution in [0.1, 0.15) is 28.9 Å². The molecule has 6 rings (SSSR count). The van der Waals surface area contributed by atoms with Crippen LogP contribution < -0.4 is 4.74 Å². The minimum atomic E-state index is -4.74. The molecule has 34 heavy (non-hydrogen) atoms. The van der Waals surface area contributed by atoms with Crippen LogP contribution in [0.5, 0.6) is 5.75 Å². The van der Waals surface area contributed by atoms with E-state index in [0.29, 0.717) is 6.20 Å². The van der Waals surface area contributed by atoms with Crippen molar-refractivity contribution >= 4 is 15.7 Å². The molecule has 2 bridgehead atoms. The SMILES string of the molecule is C[C@H](Oc1ccc(S(C)(=O)=O)cc1C(=O)N1CC2(c3ncc(C(F)(F)F)o3)C3C1C32)C(F)(F)F. The molecule has 4 fully saturated rings. The molecule has 184 valence electrons. The zero-order valence-corrected chi connectivity index (χ0v) is 18.3. The number of sulfone groups is 1. The maximum Gasteiger partial charge on any atom is 0.451 e. The van der Waals surface area contributed by atoms with Gasteiger partial charge in [-0.1, -0.05) is 0 Å². The molecule has 1 aromatic heterocycles. The lowest BCUT2D eigenvalue weighted by atomic mass is 9.98. The number of oxazole rings is 1. The highest BCUT2D eigenvalue weighted by molar-refractivity contribution is 7.90. The molecule has 2 aliphatic heterocycles. The number of benzene rings is 1. The summed E-state index contributed by atoms with van der Waals surface area (Å²) in [7, 11) is -3.80. The van der Waals surface area contributed by atoms with Gasteiger partial charge in [-0.05, 0) is 25.1 Å². The van der Waals surface area contributed by atoms with Crippen LogP contribution in [0.25, 0.3) is 0 Å². The number of hydrogen-bond acceptors (Lipinski definition) is 6. The van der Waals surface area contributed by atoms with Gasteiger partial charge in [0.2, 0.25) is 11.7 Å². The van der Waals surface area contributed by atoms with Crippen LogP contribution in [0.2, 0.25) is 0 Å². The summed E-state index contributed by atoms with van der Waals surface area (Å²) in [4.78, 5) is 18.1. The predicted molar refractivity (Wildman–Crippen MR) is 101 cm³/mol. The van der Waals surface area contributed by atoms with Crippen molar-refractivity contribution in [2.24, 2.45) is 11.8 Å². The molecular formula is C20H16F6N2O5S. The Morgan fingerprint density at radius 2 is 1.88 bits per heavy atom. The Labute approximate surface area is 188 Å². The zero-order chi connectivity index (χ0) is 25.0. The lowest BCUT2D eigenvalue weighted by molar-refractivity contribution is -0.189. The molecule has 0 spiro atoms. The van der Waals surface area contributed by atoms with Gasteiger partial charge in [0.05, 0.1) is 22.1 Å². The second kappa shape index (κ2) is 6.67. The molecule has 2 saturated carbocycles. The molecule has 7 nitrogen and oxygen atoms in total. The summed E-state index contributed by atoms with van der Waals surface area (Å²) in [6.07, 6.45) is -10.3. The first-order valence-electron chi connectivity index (χ1n) is 9.99. The first-order chi connectivity index (χ1) is 15.6. The molecule has 2 aromatic rings. The maximum atomic E-state index is 13.3. The monoisotopic (exact) mass is 510 g/mol. The van der Waals surface area contributed by atoms with Crippen molar-refractivity contribution in [1.82, 2.24) is 9.88 Å². The number of carbonyl (C=O) groups is 1. The third-order valence-corrected chi connectivity index (χ3v) is 7.78. The Bertz CT molecular complexity index is 1290. The van der Waals surface area contributed by atoms with Crippen molar-refractivity contribution < 1.29 is 48.7 Å². The fraction of sp³-hybridized carbons (Fsp3) is 0.500. The van der Waals surface area contributed by atoms with Crippen molar-refractivity contribution in [3.8, 4) is 5.75 Å². The molecule has 2 saturated heterocycles. The fourth-order valence-electron chi connectivity index (χ4n) is 4.87. The van der Waals surface area contributed by atoms with Gasteiger partial charge in [-0.15, -0.1) is 0 Å². The Morgan fingerprint density at radius 1 is 1.24 bits per heavy atom. The smallest absolute Gasteiger partial charge is 0.451 e. The van der Waals surface area contributed by atoms with Gasteiger partial charge >= 0.3 is 12.4 Å². The highest BCUT2D eigenvalue weighted by Crippen LogP contribution is 2.83. The van der Waals surface area contributed by atoms with Crippen LogP contribution in [-0.2, 0) is 21.4 Å². The number of hydrogen-bond donors (Lipinski definition) is 0. The van der Waals surface area contributed by atoms with Crippen molar-refractivity contribution in [3.63, 3.8) is 0 Å². The van der Waals surface area contributed by atoms with E-state index in [1.165, 1.54) is 4.90 Å². The highest BCUT2D eigenvalue weighted by atomic mass is 32.2. The molecule has 3 heterocycles. The summed E-state index contributed by atoms with van der Waals surface area (Å²) in [6.45, 7) is 0.687. The quantitative estimate of drug-likeness (QED) is 0.573. The van der Waals surface area contributed by atoms with E-state index >= 15 is 0 Å².